The Labute approximate surface area is 90.9 Å². The van der Waals surface area contributed by atoms with E-state index >= 15 is 0 Å². The van der Waals surface area contributed by atoms with Crippen molar-refractivity contribution in [2.24, 2.45) is 0 Å². The third-order valence-corrected chi connectivity index (χ3v) is 2.65. The maximum Gasteiger partial charge on any atom is 0.0270 e. The minimum absolute atomic E-state index is 0.199. The molecule has 0 unspecified atom stereocenters. The predicted molar refractivity (Wildman–Crippen MR) is 65.7 cm³/mol. The van der Waals surface area contributed by atoms with E-state index in [1.165, 1.54) is 10.5 Å². The van der Waals surface area contributed by atoms with E-state index in [1.54, 1.807) is 11.3 Å². The Kier molecular flexibility index (Phi) is 3.90. The number of hydrogen-bond acceptors (Lipinski definition) is 2. The predicted octanol–water partition coefficient (Wildman–Crippen LogP) is 3.54. The maximum absolute atomic E-state index is 3.47. The molecule has 1 heterocycles. The lowest BCUT2D eigenvalue weighted by molar-refractivity contribution is 0.445. The van der Waals surface area contributed by atoms with Gasteiger partial charge in [-0.05, 0) is 45.2 Å². The smallest absolute Gasteiger partial charge is 0.0270 e. The standard InChI is InChI=1S/C12H19NS/c1-10(9-13-12(2,3)4)8-11-6-5-7-14-11/h5-8,13H,9H2,1-4H3. The molecule has 0 atom stereocenters. The van der Waals surface area contributed by atoms with E-state index in [9.17, 15) is 0 Å². The summed E-state index contributed by atoms with van der Waals surface area (Å²) in [4.78, 5) is 1.33. The zero-order valence-electron chi connectivity index (χ0n) is 9.42. The minimum Gasteiger partial charge on any atom is -0.308 e. The van der Waals surface area contributed by atoms with Crippen LogP contribution in [-0.2, 0) is 0 Å². The van der Waals surface area contributed by atoms with Crippen molar-refractivity contribution in [3.8, 4) is 0 Å². The van der Waals surface area contributed by atoms with Gasteiger partial charge in [0.15, 0.2) is 0 Å². The van der Waals surface area contributed by atoms with E-state index in [4.69, 9.17) is 0 Å². The molecule has 0 saturated heterocycles. The van der Waals surface area contributed by atoms with Gasteiger partial charge in [0.05, 0.1) is 0 Å². The minimum atomic E-state index is 0.199. The molecule has 0 aliphatic carbocycles. The summed E-state index contributed by atoms with van der Waals surface area (Å²) in [6.45, 7) is 9.68. The molecule has 0 saturated carbocycles. The Balaban J connectivity index is 2.46. The van der Waals surface area contributed by atoms with E-state index < -0.39 is 0 Å². The number of rotatable bonds is 3. The highest BCUT2D eigenvalue weighted by Gasteiger charge is 2.07. The molecule has 0 fully saturated rings. The van der Waals surface area contributed by atoms with Crippen LogP contribution in [0, 0.1) is 0 Å². The fourth-order valence-corrected chi connectivity index (χ4v) is 1.81. The van der Waals surface area contributed by atoms with Crippen LogP contribution in [0.1, 0.15) is 32.6 Å². The summed E-state index contributed by atoms with van der Waals surface area (Å²) in [6, 6.07) is 4.23. The van der Waals surface area contributed by atoms with Crippen LogP contribution in [-0.4, -0.2) is 12.1 Å². The first-order valence-electron chi connectivity index (χ1n) is 4.93. The maximum atomic E-state index is 3.47. The Morgan fingerprint density at radius 3 is 2.71 bits per heavy atom. The summed E-state index contributed by atoms with van der Waals surface area (Å²) in [5.74, 6) is 0. The van der Waals surface area contributed by atoms with E-state index in [-0.39, 0.29) is 5.54 Å². The normalized spacial score (nSPS) is 13.3. The molecular weight excluding hydrogens is 190 g/mol. The molecule has 14 heavy (non-hydrogen) atoms. The Hall–Kier alpha value is -0.600. The first kappa shape index (κ1) is 11.5. The second kappa shape index (κ2) is 4.76. The first-order valence-corrected chi connectivity index (χ1v) is 5.81. The molecule has 0 aromatic carbocycles. The summed E-state index contributed by atoms with van der Waals surface area (Å²) in [5.41, 5.74) is 1.58. The first-order chi connectivity index (χ1) is 6.47. The van der Waals surface area contributed by atoms with Crippen LogP contribution in [0.25, 0.3) is 6.08 Å². The summed E-state index contributed by atoms with van der Waals surface area (Å²) < 4.78 is 0. The monoisotopic (exact) mass is 209 g/mol. The average Bonchev–Trinajstić information content (AvgIpc) is 2.52. The lowest BCUT2D eigenvalue weighted by Gasteiger charge is -2.20. The number of nitrogens with one attached hydrogen (secondary N) is 1. The van der Waals surface area contributed by atoms with E-state index in [0.29, 0.717) is 0 Å². The molecule has 0 radical (unpaired) electrons. The molecule has 78 valence electrons. The second-order valence-corrected chi connectivity index (χ2v) is 5.59. The topological polar surface area (TPSA) is 12.0 Å². The summed E-state index contributed by atoms with van der Waals surface area (Å²) in [5, 5.41) is 5.58. The van der Waals surface area contributed by atoms with Crippen LogP contribution in [0.15, 0.2) is 23.1 Å². The molecule has 1 rings (SSSR count). The van der Waals surface area contributed by atoms with Crippen LogP contribution < -0.4 is 5.32 Å². The quantitative estimate of drug-likeness (QED) is 0.803. The highest BCUT2D eigenvalue weighted by Crippen LogP contribution is 2.13. The van der Waals surface area contributed by atoms with Crippen LogP contribution in [0.2, 0.25) is 0 Å². The van der Waals surface area contributed by atoms with Gasteiger partial charge in [-0.1, -0.05) is 11.6 Å². The van der Waals surface area contributed by atoms with Gasteiger partial charge in [0.25, 0.3) is 0 Å². The molecule has 0 spiro atoms. The fourth-order valence-electron chi connectivity index (χ4n) is 1.07. The molecule has 0 amide bonds. The van der Waals surface area contributed by atoms with E-state index in [1.807, 2.05) is 0 Å². The van der Waals surface area contributed by atoms with E-state index in [0.717, 1.165) is 6.54 Å². The number of thiophene rings is 1. The van der Waals surface area contributed by atoms with Crippen molar-refractivity contribution in [2.45, 2.75) is 33.2 Å². The van der Waals surface area contributed by atoms with Crippen molar-refractivity contribution < 1.29 is 0 Å². The molecule has 1 aromatic rings. The highest BCUT2D eigenvalue weighted by molar-refractivity contribution is 7.10. The van der Waals surface area contributed by atoms with Crippen molar-refractivity contribution in [3.63, 3.8) is 0 Å². The molecule has 1 aromatic heterocycles. The van der Waals surface area contributed by atoms with Gasteiger partial charge in [-0.25, -0.2) is 0 Å². The van der Waals surface area contributed by atoms with Gasteiger partial charge >= 0.3 is 0 Å². The number of hydrogen-bond donors (Lipinski definition) is 1. The van der Waals surface area contributed by atoms with Crippen LogP contribution in [0.5, 0.6) is 0 Å². The molecule has 2 heteroatoms. The largest absolute Gasteiger partial charge is 0.308 e. The lowest BCUT2D eigenvalue weighted by Crippen LogP contribution is -2.36. The van der Waals surface area contributed by atoms with Crippen molar-refractivity contribution >= 4 is 17.4 Å². The Morgan fingerprint density at radius 1 is 1.50 bits per heavy atom. The average molecular weight is 209 g/mol. The zero-order valence-corrected chi connectivity index (χ0v) is 10.2. The van der Waals surface area contributed by atoms with Gasteiger partial charge in [0.1, 0.15) is 0 Å². The van der Waals surface area contributed by atoms with Crippen LogP contribution in [0.3, 0.4) is 0 Å². The van der Waals surface area contributed by atoms with Gasteiger partial charge in [0, 0.05) is 17.0 Å². The van der Waals surface area contributed by atoms with Gasteiger partial charge in [0.2, 0.25) is 0 Å². The molecule has 0 aliphatic heterocycles. The third-order valence-electron chi connectivity index (χ3n) is 1.83. The van der Waals surface area contributed by atoms with Crippen molar-refractivity contribution in [3.05, 3.63) is 28.0 Å². The van der Waals surface area contributed by atoms with Crippen molar-refractivity contribution in [1.29, 1.82) is 0 Å². The van der Waals surface area contributed by atoms with Gasteiger partial charge in [-0.2, -0.15) is 0 Å². The second-order valence-electron chi connectivity index (χ2n) is 4.61. The SMILES string of the molecule is CC(=Cc1cccs1)CNC(C)(C)C. The third kappa shape index (κ3) is 4.58. The Morgan fingerprint density at radius 2 is 2.21 bits per heavy atom. The Bertz CT molecular complexity index is 291. The molecule has 1 nitrogen and oxygen atoms in total. The van der Waals surface area contributed by atoms with Gasteiger partial charge < -0.3 is 5.32 Å². The molecular formula is C12H19NS. The zero-order chi connectivity index (χ0) is 10.6. The summed E-state index contributed by atoms with van der Waals surface area (Å²) >= 11 is 1.78. The van der Waals surface area contributed by atoms with Crippen molar-refractivity contribution in [2.75, 3.05) is 6.54 Å². The molecule has 0 bridgehead atoms. The highest BCUT2D eigenvalue weighted by atomic mass is 32.1. The molecule has 0 aliphatic rings. The lowest BCUT2D eigenvalue weighted by atomic mass is 10.1. The van der Waals surface area contributed by atoms with Crippen molar-refractivity contribution in [1.82, 2.24) is 5.32 Å². The summed E-state index contributed by atoms with van der Waals surface area (Å²) in [6.07, 6.45) is 2.24. The van der Waals surface area contributed by atoms with Crippen LogP contribution >= 0.6 is 11.3 Å². The van der Waals surface area contributed by atoms with Crippen LogP contribution in [0.4, 0.5) is 0 Å². The van der Waals surface area contributed by atoms with E-state index in [2.05, 4.69) is 56.6 Å². The molecule has 1 N–H and O–H groups in total. The van der Waals surface area contributed by atoms with Gasteiger partial charge in [-0.15, -0.1) is 11.3 Å². The summed E-state index contributed by atoms with van der Waals surface area (Å²) in [7, 11) is 0. The fraction of sp³-hybridized carbons (Fsp3) is 0.500. The van der Waals surface area contributed by atoms with Gasteiger partial charge in [-0.3, -0.25) is 0 Å².